The summed E-state index contributed by atoms with van der Waals surface area (Å²) < 4.78 is 5.69. The van der Waals surface area contributed by atoms with Crippen LogP contribution in [-0.4, -0.2) is 65.1 Å². The van der Waals surface area contributed by atoms with Gasteiger partial charge in [-0.15, -0.1) is 23.2 Å². The summed E-state index contributed by atoms with van der Waals surface area (Å²) in [7, 11) is 0. The third-order valence-corrected chi connectivity index (χ3v) is 7.50. The van der Waals surface area contributed by atoms with Gasteiger partial charge >= 0.3 is 5.97 Å². The summed E-state index contributed by atoms with van der Waals surface area (Å²) >= 11 is 11.8. The van der Waals surface area contributed by atoms with Crippen molar-refractivity contribution in [2.45, 2.75) is 31.9 Å². The predicted molar refractivity (Wildman–Crippen MR) is 159 cm³/mol. The van der Waals surface area contributed by atoms with E-state index >= 15 is 0 Å². The van der Waals surface area contributed by atoms with Crippen molar-refractivity contribution in [3.63, 3.8) is 0 Å². The monoisotopic (exact) mass is 612 g/mol. The zero-order chi connectivity index (χ0) is 30.4. The first-order valence-electron chi connectivity index (χ1n) is 13.4. The molecule has 3 N–H and O–H groups in total. The number of phenols is 2. The normalized spacial score (nSPS) is 13.5. The quantitative estimate of drug-likeness (QED) is 0.0869. The Morgan fingerprint density at radius 2 is 1.57 bits per heavy atom. The van der Waals surface area contributed by atoms with E-state index in [1.165, 1.54) is 12.1 Å². The molecule has 3 aromatic rings. The number of nitrogens with zero attached hydrogens (tertiary/aromatic N) is 1. The van der Waals surface area contributed by atoms with Crippen molar-refractivity contribution >= 4 is 52.8 Å². The maximum Gasteiger partial charge on any atom is 0.329 e. The van der Waals surface area contributed by atoms with E-state index in [0.29, 0.717) is 31.3 Å². The molecule has 0 spiro atoms. The number of carbonyl (C=O) groups excluding carboxylic acids is 4. The molecule has 0 fully saturated rings. The molecule has 1 amide bonds. The van der Waals surface area contributed by atoms with Crippen LogP contribution in [0.4, 0.5) is 5.69 Å². The van der Waals surface area contributed by atoms with E-state index in [1.807, 2.05) is 29.2 Å². The molecule has 9 nitrogen and oxygen atoms in total. The van der Waals surface area contributed by atoms with Crippen molar-refractivity contribution in [3.05, 3.63) is 88.0 Å². The highest BCUT2D eigenvalue weighted by atomic mass is 35.5. The van der Waals surface area contributed by atoms with Crippen LogP contribution in [0, 0.1) is 0 Å². The van der Waals surface area contributed by atoms with Crippen LogP contribution in [0.5, 0.6) is 11.5 Å². The lowest BCUT2D eigenvalue weighted by Crippen LogP contribution is -2.39. The summed E-state index contributed by atoms with van der Waals surface area (Å²) in [6, 6.07) is 13.6. The molecule has 0 bridgehead atoms. The summed E-state index contributed by atoms with van der Waals surface area (Å²) in [5, 5.41) is 24.4. The molecule has 2 atom stereocenters. The van der Waals surface area contributed by atoms with Crippen LogP contribution in [0.1, 0.15) is 62.4 Å². The number of alkyl halides is 2. The fourth-order valence-electron chi connectivity index (χ4n) is 5.06. The highest BCUT2D eigenvalue weighted by molar-refractivity contribution is 6.30. The first-order chi connectivity index (χ1) is 20.2. The van der Waals surface area contributed by atoms with Gasteiger partial charge in [0.05, 0.1) is 11.1 Å². The van der Waals surface area contributed by atoms with Crippen molar-refractivity contribution in [2.75, 3.05) is 29.7 Å². The van der Waals surface area contributed by atoms with Crippen molar-refractivity contribution in [3.8, 4) is 11.5 Å². The second-order valence-corrected chi connectivity index (χ2v) is 10.4. The molecule has 0 heterocycles. The summed E-state index contributed by atoms with van der Waals surface area (Å²) in [4.78, 5) is 52.9. The van der Waals surface area contributed by atoms with E-state index in [1.54, 1.807) is 19.1 Å². The number of carbonyl (C=O) groups is 4. The van der Waals surface area contributed by atoms with Crippen LogP contribution in [0.15, 0.2) is 54.6 Å². The number of ketones is 2. The highest BCUT2D eigenvalue weighted by Gasteiger charge is 2.37. The minimum absolute atomic E-state index is 0.0319. The molecule has 0 saturated heterocycles. The Bertz CT molecular complexity index is 1490. The number of aromatic hydroxyl groups is 2. The first kappa shape index (κ1) is 30.9. The smallest absolute Gasteiger partial charge is 0.329 e. The lowest BCUT2D eigenvalue weighted by Gasteiger charge is -2.25. The molecule has 1 aliphatic rings. The van der Waals surface area contributed by atoms with Gasteiger partial charge in [0, 0.05) is 53.6 Å². The highest BCUT2D eigenvalue weighted by Crippen LogP contribution is 2.43. The summed E-state index contributed by atoms with van der Waals surface area (Å²) in [5.41, 5.74) is 1.20. The standard InChI is InChI=1S/C31H30Cl2N2O7/c1-2-25(22-16-24(37)26-27(30(22)40)29(39)21-6-4-3-5-20(21)28(26)38)42-31(41)23(34-17-36)15-18-7-9-19(10-8-18)35(13-11-32)14-12-33/h3-10,16-17,23,25,37,40H,2,11-15H2,1H3,(H,34,36)/t23-,25?/m0/s1. The maximum absolute atomic E-state index is 13.3. The fourth-order valence-corrected chi connectivity index (χ4v) is 5.47. The van der Waals surface area contributed by atoms with Gasteiger partial charge in [-0.2, -0.15) is 0 Å². The van der Waals surface area contributed by atoms with Crippen LogP contribution in [-0.2, 0) is 20.7 Å². The van der Waals surface area contributed by atoms with Crippen molar-refractivity contribution in [1.29, 1.82) is 0 Å². The molecule has 1 aliphatic carbocycles. The van der Waals surface area contributed by atoms with Crippen molar-refractivity contribution < 1.29 is 34.1 Å². The van der Waals surface area contributed by atoms with Gasteiger partial charge in [0.25, 0.3) is 0 Å². The summed E-state index contributed by atoms with van der Waals surface area (Å²) in [6.45, 7) is 2.92. The van der Waals surface area contributed by atoms with Crippen LogP contribution in [0.3, 0.4) is 0 Å². The third-order valence-electron chi connectivity index (χ3n) is 7.16. The topological polar surface area (TPSA) is 133 Å². The molecule has 4 rings (SSSR count). The molecular weight excluding hydrogens is 583 g/mol. The van der Waals surface area contributed by atoms with Gasteiger partial charge in [0.2, 0.25) is 6.41 Å². The number of hydrogen-bond acceptors (Lipinski definition) is 8. The second-order valence-electron chi connectivity index (χ2n) is 9.69. The lowest BCUT2D eigenvalue weighted by atomic mass is 9.81. The number of ether oxygens (including phenoxy) is 1. The molecule has 220 valence electrons. The van der Waals surface area contributed by atoms with E-state index < -0.39 is 41.2 Å². The first-order valence-corrected chi connectivity index (χ1v) is 14.5. The van der Waals surface area contributed by atoms with Gasteiger partial charge in [-0.25, -0.2) is 4.79 Å². The summed E-state index contributed by atoms with van der Waals surface area (Å²) in [5.74, 6) is -2.21. The fraction of sp³-hybridized carbons (Fsp3) is 0.290. The number of hydrogen-bond donors (Lipinski definition) is 3. The Morgan fingerprint density at radius 1 is 0.976 bits per heavy atom. The number of phenolic OH excluding ortho intramolecular Hbond substituents is 2. The van der Waals surface area contributed by atoms with Crippen LogP contribution >= 0.6 is 23.2 Å². The molecule has 11 heteroatoms. The van der Waals surface area contributed by atoms with Gasteiger partial charge in [-0.1, -0.05) is 43.3 Å². The average molecular weight is 613 g/mol. The van der Waals surface area contributed by atoms with Gasteiger partial charge < -0.3 is 25.2 Å². The molecule has 0 saturated carbocycles. The van der Waals surface area contributed by atoms with E-state index in [4.69, 9.17) is 27.9 Å². The number of benzene rings is 3. The van der Waals surface area contributed by atoms with Gasteiger partial charge in [0.15, 0.2) is 11.6 Å². The van der Waals surface area contributed by atoms with Gasteiger partial charge in [-0.05, 0) is 30.2 Å². The predicted octanol–water partition coefficient (Wildman–Crippen LogP) is 4.51. The van der Waals surface area contributed by atoms with Crippen LogP contribution < -0.4 is 10.2 Å². The van der Waals surface area contributed by atoms with Gasteiger partial charge in [0.1, 0.15) is 23.6 Å². The largest absolute Gasteiger partial charge is 0.507 e. The average Bonchev–Trinajstić information content (AvgIpc) is 2.99. The number of nitrogens with one attached hydrogen (secondary N) is 1. The third kappa shape index (κ3) is 6.22. The zero-order valence-corrected chi connectivity index (χ0v) is 24.3. The molecule has 1 unspecified atom stereocenters. The molecular formula is C31H30Cl2N2O7. The molecule has 0 aliphatic heterocycles. The number of rotatable bonds is 13. The minimum atomic E-state index is -1.09. The summed E-state index contributed by atoms with van der Waals surface area (Å²) in [6.07, 6.45) is -0.416. The minimum Gasteiger partial charge on any atom is -0.507 e. The number of esters is 1. The maximum atomic E-state index is 13.3. The Labute approximate surface area is 253 Å². The number of halogens is 2. The second kappa shape index (κ2) is 13.7. The Kier molecular flexibility index (Phi) is 10.1. The van der Waals surface area contributed by atoms with E-state index in [2.05, 4.69) is 5.32 Å². The molecule has 3 aromatic carbocycles. The number of fused-ring (bicyclic) bond motifs is 2. The molecule has 0 radical (unpaired) electrons. The number of amides is 1. The SMILES string of the molecule is CCC(OC(=O)[C@H](Cc1ccc(N(CCCl)CCCl)cc1)NC=O)c1cc(O)c2c(c1O)C(=O)c1ccccc1C2=O. The van der Waals surface area contributed by atoms with Crippen LogP contribution in [0.25, 0.3) is 0 Å². The van der Waals surface area contributed by atoms with Gasteiger partial charge in [-0.3, -0.25) is 14.4 Å². The lowest BCUT2D eigenvalue weighted by molar-refractivity contribution is -0.153. The zero-order valence-electron chi connectivity index (χ0n) is 22.8. The van der Waals surface area contributed by atoms with Crippen LogP contribution in [0.2, 0.25) is 0 Å². The Balaban J connectivity index is 1.57. The van der Waals surface area contributed by atoms with E-state index in [0.717, 1.165) is 17.3 Å². The molecule has 42 heavy (non-hydrogen) atoms. The number of anilines is 1. The van der Waals surface area contributed by atoms with Crippen molar-refractivity contribution in [2.24, 2.45) is 0 Å². The molecule has 0 aromatic heterocycles. The van der Waals surface area contributed by atoms with E-state index in [9.17, 15) is 29.4 Å². The Hall–Kier alpha value is -4.08. The van der Waals surface area contributed by atoms with Crippen molar-refractivity contribution in [1.82, 2.24) is 5.32 Å². The van der Waals surface area contributed by atoms with E-state index in [-0.39, 0.29) is 40.7 Å². The Morgan fingerprint density at radius 3 is 2.12 bits per heavy atom.